The Morgan fingerprint density at radius 3 is 2.57 bits per heavy atom. The first-order valence-electron chi connectivity index (χ1n) is 5.89. The lowest BCUT2D eigenvalue weighted by Crippen LogP contribution is -2.15. The number of halogens is 1. The average Bonchev–Trinajstić information content (AvgIpc) is 2.48. The minimum absolute atomic E-state index is 0.0576. The number of rotatable bonds is 3. The van der Waals surface area contributed by atoms with Crippen LogP contribution in [0.4, 0.5) is 10.1 Å². The largest absolute Gasteiger partial charge is 0.508 e. The van der Waals surface area contributed by atoms with Crippen LogP contribution in [0.1, 0.15) is 15.9 Å². The van der Waals surface area contributed by atoms with Gasteiger partial charge < -0.3 is 21.4 Å². The van der Waals surface area contributed by atoms with E-state index in [9.17, 15) is 14.3 Å². The molecule has 108 valence electrons. The molecule has 0 radical (unpaired) electrons. The fourth-order valence-corrected chi connectivity index (χ4v) is 1.68. The second-order valence-electron chi connectivity index (χ2n) is 4.18. The number of phenolic OH excluding ortho intramolecular Hbond substituents is 1. The summed E-state index contributed by atoms with van der Waals surface area (Å²) in [6.07, 6.45) is 0. The third-order valence-corrected chi connectivity index (χ3v) is 2.73. The zero-order chi connectivity index (χ0) is 15.4. The number of hydrogen-bond donors (Lipinski definition) is 4. The molecule has 2 aromatic rings. The number of nitrogens with one attached hydrogen (secondary N) is 1. The van der Waals surface area contributed by atoms with Crippen molar-refractivity contribution in [1.29, 1.82) is 0 Å². The molecule has 0 saturated carbocycles. The number of hydrogen-bond acceptors (Lipinski definition) is 4. The molecular formula is C14H12FN3O3. The number of amides is 1. The van der Waals surface area contributed by atoms with Gasteiger partial charge in [0.25, 0.3) is 5.91 Å². The number of nitrogens with two attached hydrogens (primary N) is 1. The van der Waals surface area contributed by atoms with Gasteiger partial charge in [0.15, 0.2) is 5.84 Å². The van der Waals surface area contributed by atoms with Gasteiger partial charge in [-0.2, -0.15) is 0 Å². The van der Waals surface area contributed by atoms with Crippen LogP contribution in [0.3, 0.4) is 0 Å². The van der Waals surface area contributed by atoms with Crippen LogP contribution in [0, 0.1) is 5.82 Å². The summed E-state index contributed by atoms with van der Waals surface area (Å²) in [5.74, 6) is -1.60. The molecule has 0 aliphatic carbocycles. The Morgan fingerprint density at radius 2 is 1.95 bits per heavy atom. The van der Waals surface area contributed by atoms with Crippen LogP contribution in [-0.2, 0) is 0 Å². The van der Waals surface area contributed by atoms with E-state index in [0.29, 0.717) is 0 Å². The first-order valence-corrected chi connectivity index (χ1v) is 5.89. The lowest BCUT2D eigenvalue weighted by Gasteiger charge is -2.08. The van der Waals surface area contributed by atoms with Gasteiger partial charge >= 0.3 is 0 Å². The van der Waals surface area contributed by atoms with Gasteiger partial charge in [0.05, 0.1) is 5.69 Å². The van der Waals surface area contributed by atoms with E-state index in [1.54, 1.807) is 0 Å². The van der Waals surface area contributed by atoms with Crippen molar-refractivity contribution in [3.8, 4) is 5.75 Å². The van der Waals surface area contributed by atoms with E-state index >= 15 is 0 Å². The lowest BCUT2D eigenvalue weighted by molar-refractivity contribution is 0.102. The molecule has 21 heavy (non-hydrogen) atoms. The second kappa shape index (κ2) is 5.91. The van der Waals surface area contributed by atoms with Crippen LogP contribution in [0.25, 0.3) is 0 Å². The minimum Gasteiger partial charge on any atom is -0.508 e. The number of phenols is 1. The van der Waals surface area contributed by atoms with Gasteiger partial charge in [-0.3, -0.25) is 4.79 Å². The molecule has 0 aliphatic rings. The van der Waals surface area contributed by atoms with Crippen molar-refractivity contribution in [2.45, 2.75) is 0 Å². The van der Waals surface area contributed by atoms with Gasteiger partial charge in [0.2, 0.25) is 0 Å². The molecule has 0 fully saturated rings. The van der Waals surface area contributed by atoms with Crippen LogP contribution in [0.2, 0.25) is 0 Å². The summed E-state index contributed by atoms with van der Waals surface area (Å²) >= 11 is 0. The fraction of sp³-hybridized carbons (Fsp3) is 0. The third kappa shape index (κ3) is 3.27. The quantitative estimate of drug-likeness (QED) is 0.299. The average molecular weight is 289 g/mol. The fourth-order valence-electron chi connectivity index (χ4n) is 1.68. The SMILES string of the molecule is N/C(=N/O)c1ccc(NC(=O)c2cccc(O)c2)c(F)c1. The summed E-state index contributed by atoms with van der Waals surface area (Å²) in [5, 5.41) is 22.9. The summed E-state index contributed by atoms with van der Waals surface area (Å²) in [7, 11) is 0. The summed E-state index contributed by atoms with van der Waals surface area (Å²) in [4.78, 5) is 11.9. The van der Waals surface area contributed by atoms with Crippen LogP contribution < -0.4 is 11.1 Å². The maximum Gasteiger partial charge on any atom is 0.255 e. The minimum atomic E-state index is -0.729. The smallest absolute Gasteiger partial charge is 0.255 e. The van der Waals surface area contributed by atoms with Gasteiger partial charge in [-0.1, -0.05) is 11.2 Å². The van der Waals surface area contributed by atoms with E-state index in [1.807, 2.05) is 0 Å². The number of anilines is 1. The number of aromatic hydroxyl groups is 1. The lowest BCUT2D eigenvalue weighted by atomic mass is 10.1. The van der Waals surface area contributed by atoms with Gasteiger partial charge in [-0.15, -0.1) is 0 Å². The molecule has 7 heteroatoms. The van der Waals surface area contributed by atoms with Gasteiger partial charge in [0, 0.05) is 11.1 Å². The number of oxime groups is 1. The Morgan fingerprint density at radius 1 is 1.19 bits per heavy atom. The number of nitrogens with zero attached hydrogens (tertiary/aromatic N) is 1. The highest BCUT2D eigenvalue weighted by molar-refractivity contribution is 6.05. The molecule has 0 saturated heterocycles. The van der Waals surface area contributed by atoms with Crippen LogP contribution >= 0.6 is 0 Å². The van der Waals surface area contributed by atoms with E-state index in [0.717, 1.165) is 6.07 Å². The van der Waals surface area contributed by atoms with Gasteiger partial charge in [-0.05, 0) is 36.4 Å². The predicted octanol–water partition coefficient (Wildman–Crippen LogP) is 1.88. The van der Waals surface area contributed by atoms with Crippen molar-refractivity contribution >= 4 is 17.4 Å². The van der Waals surface area contributed by atoms with Crippen molar-refractivity contribution in [3.05, 3.63) is 59.4 Å². The van der Waals surface area contributed by atoms with E-state index in [4.69, 9.17) is 10.9 Å². The summed E-state index contributed by atoms with van der Waals surface area (Å²) in [6.45, 7) is 0. The first-order chi connectivity index (χ1) is 10.0. The van der Waals surface area contributed by atoms with E-state index in [-0.39, 0.29) is 28.4 Å². The Hall–Kier alpha value is -3.09. The highest BCUT2D eigenvalue weighted by atomic mass is 19.1. The summed E-state index contributed by atoms with van der Waals surface area (Å²) in [6, 6.07) is 9.40. The molecule has 0 aromatic heterocycles. The maximum absolute atomic E-state index is 13.8. The third-order valence-electron chi connectivity index (χ3n) is 2.73. The normalized spacial score (nSPS) is 11.2. The van der Waals surface area contributed by atoms with Crippen LogP contribution in [0.5, 0.6) is 5.75 Å². The zero-order valence-electron chi connectivity index (χ0n) is 10.7. The van der Waals surface area contributed by atoms with E-state index < -0.39 is 11.7 Å². The number of amidine groups is 1. The molecule has 0 aliphatic heterocycles. The van der Waals surface area contributed by atoms with Gasteiger partial charge in [0.1, 0.15) is 11.6 Å². The van der Waals surface area contributed by atoms with Crippen LogP contribution in [-0.4, -0.2) is 22.1 Å². The summed E-state index contributed by atoms with van der Waals surface area (Å²) < 4.78 is 13.8. The molecule has 6 nitrogen and oxygen atoms in total. The Kier molecular flexibility index (Phi) is 4.03. The Bertz CT molecular complexity index is 716. The van der Waals surface area contributed by atoms with Crippen molar-refractivity contribution in [3.63, 3.8) is 0 Å². The molecule has 0 spiro atoms. The molecule has 0 bridgehead atoms. The van der Waals surface area contributed by atoms with Crippen molar-refractivity contribution in [1.82, 2.24) is 0 Å². The Balaban J connectivity index is 2.22. The molecule has 1 amide bonds. The molecule has 0 heterocycles. The monoisotopic (exact) mass is 289 g/mol. The van der Waals surface area contributed by atoms with Crippen molar-refractivity contribution in [2.75, 3.05) is 5.32 Å². The van der Waals surface area contributed by atoms with E-state index in [1.165, 1.54) is 36.4 Å². The zero-order valence-corrected chi connectivity index (χ0v) is 10.7. The van der Waals surface area contributed by atoms with Crippen molar-refractivity contribution in [2.24, 2.45) is 10.9 Å². The molecule has 5 N–H and O–H groups in total. The molecule has 2 aromatic carbocycles. The number of carbonyl (C=O) groups excluding carboxylic acids is 1. The molecule has 2 rings (SSSR count). The molecular weight excluding hydrogens is 277 g/mol. The van der Waals surface area contributed by atoms with Crippen LogP contribution in [0.15, 0.2) is 47.6 Å². The highest BCUT2D eigenvalue weighted by Gasteiger charge is 2.11. The topological polar surface area (TPSA) is 108 Å². The summed E-state index contributed by atoms with van der Waals surface area (Å²) in [5.41, 5.74) is 5.66. The standard InChI is InChI=1S/C14H12FN3O3/c15-11-7-8(13(16)18-21)4-5-12(11)17-14(20)9-2-1-3-10(19)6-9/h1-7,19,21H,(H2,16,18)(H,17,20). The maximum atomic E-state index is 13.8. The molecule has 0 atom stereocenters. The van der Waals surface area contributed by atoms with Crippen molar-refractivity contribution < 1.29 is 19.5 Å². The second-order valence-corrected chi connectivity index (χ2v) is 4.18. The number of benzene rings is 2. The first kappa shape index (κ1) is 14.3. The van der Waals surface area contributed by atoms with E-state index in [2.05, 4.69) is 10.5 Å². The highest BCUT2D eigenvalue weighted by Crippen LogP contribution is 2.18. The predicted molar refractivity (Wildman–Crippen MR) is 75.0 cm³/mol. The number of carbonyl (C=O) groups is 1. The Labute approximate surface area is 119 Å². The molecule has 0 unspecified atom stereocenters. The van der Waals surface area contributed by atoms with Gasteiger partial charge in [-0.25, -0.2) is 4.39 Å².